The summed E-state index contributed by atoms with van der Waals surface area (Å²) in [7, 11) is 0. The minimum Gasteiger partial charge on any atom is -0.360 e. The van der Waals surface area contributed by atoms with Crippen LogP contribution in [-0.4, -0.2) is 19.9 Å². The summed E-state index contributed by atoms with van der Waals surface area (Å²) in [4.78, 5) is 15.5. The Hall–Kier alpha value is -3.40. The maximum absolute atomic E-state index is 4.62. The highest BCUT2D eigenvalue weighted by Crippen LogP contribution is 2.34. The first kappa shape index (κ1) is 14.0. The molecule has 5 rings (SSSR count). The molecule has 0 bridgehead atoms. The Labute approximate surface area is 144 Å². The van der Waals surface area contributed by atoms with Crippen molar-refractivity contribution in [3.63, 3.8) is 0 Å². The molecule has 0 aliphatic heterocycles. The quantitative estimate of drug-likeness (QED) is 0.475. The highest BCUT2D eigenvalue weighted by molar-refractivity contribution is 6.03. The lowest BCUT2D eigenvalue weighted by Crippen LogP contribution is -1.84. The third kappa shape index (κ3) is 2.22. The fourth-order valence-corrected chi connectivity index (χ4v) is 3.40. The average molecular weight is 324 g/mol. The molecule has 0 fully saturated rings. The fraction of sp³-hybridized carbons (Fsp3) is 0.0476. The number of hydrogen-bond donors (Lipinski definition) is 2. The van der Waals surface area contributed by atoms with Crippen LogP contribution in [0.1, 0.15) is 5.56 Å². The first-order chi connectivity index (χ1) is 12.3. The van der Waals surface area contributed by atoms with Crippen molar-refractivity contribution in [3.05, 3.63) is 72.9 Å². The molecule has 4 nitrogen and oxygen atoms in total. The normalized spacial score (nSPS) is 11.4. The van der Waals surface area contributed by atoms with Crippen LogP contribution < -0.4 is 0 Å². The van der Waals surface area contributed by atoms with Crippen LogP contribution in [0.4, 0.5) is 0 Å². The molecule has 4 heteroatoms. The number of H-pyrrole nitrogens is 2. The average Bonchev–Trinajstić information content (AvgIpc) is 3.27. The van der Waals surface area contributed by atoms with Gasteiger partial charge in [-0.2, -0.15) is 0 Å². The molecule has 0 atom stereocenters. The number of aromatic amines is 2. The van der Waals surface area contributed by atoms with Gasteiger partial charge < -0.3 is 9.97 Å². The van der Waals surface area contributed by atoms with Gasteiger partial charge in [0.2, 0.25) is 0 Å². The van der Waals surface area contributed by atoms with Gasteiger partial charge in [-0.15, -0.1) is 0 Å². The molecule has 1 aromatic carbocycles. The largest absolute Gasteiger partial charge is 0.360 e. The van der Waals surface area contributed by atoms with E-state index in [-0.39, 0.29) is 0 Å². The van der Waals surface area contributed by atoms with Gasteiger partial charge in [0.25, 0.3) is 0 Å². The Morgan fingerprint density at radius 3 is 2.72 bits per heavy atom. The molecule has 0 unspecified atom stereocenters. The van der Waals surface area contributed by atoms with Gasteiger partial charge in [-0.1, -0.05) is 29.8 Å². The number of fused-ring (bicyclic) bond motifs is 2. The van der Waals surface area contributed by atoms with Crippen molar-refractivity contribution in [2.24, 2.45) is 0 Å². The predicted octanol–water partition coefficient (Wildman–Crippen LogP) is 5.08. The Morgan fingerprint density at radius 1 is 0.840 bits per heavy atom. The number of pyridine rings is 2. The second-order valence-corrected chi connectivity index (χ2v) is 6.32. The Morgan fingerprint density at radius 2 is 1.80 bits per heavy atom. The zero-order valence-corrected chi connectivity index (χ0v) is 13.7. The molecule has 2 N–H and O–H groups in total. The lowest BCUT2D eigenvalue weighted by atomic mass is 10.0. The molecule has 0 saturated heterocycles. The predicted molar refractivity (Wildman–Crippen MR) is 101 cm³/mol. The number of nitrogens with zero attached hydrogens (tertiary/aromatic N) is 2. The van der Waals surface area contributed by atoms with Gasteiger partial charge >= 0.3 is 0 Å². The summed E-state index contributed by atoms with van der Waals surface area (Å²) in [6, 6.07) is 12.8. The van der Waals surface area contributed by atoms with Crippen molar-refractivity contribution in [2.75, 3.05) is 0 Å². The molecule has 4 heterocycles. The minimum atomic E-state index is 0.888. The van der Waals surface area contributed by atoms with Crippen molar-refractivity contribution in [1.82, 2.24) is 19.9 Å². The van der Waals surface area contributed by atoms with E-state index in [0.717, 1.165) is 38.6 Å². The first-order valence-corrected chi connectivity index (χ1v) is 8.25. The zero-order chi connectivity index (χ0) is 16.8. The van der Waals surface area contributed by atoms with Crippen LogP contribution in [0.25, 0.3) is 44.2 Å². The second kappa shape index (κ2) is 5.31. The molecule has 0 aliphatic carbocycles. The van der Waals surface area contributed by atoms with Gasteiger partial charge in [0, 0.05) is 52.3 Å². The van der Waals surface area contributed by atoms with E-state index < -0.39 is 0 Å². The van der Waals surface area contributed by atoms with Crippen molar-refractivity contribution in [1.29, 1.82) is 0 Å². The van der Waals surface area contributed by atoms with Crippen molar-refractivity contribution in [3.8, 4) is 22.3 Å². The van der Waals surface area contributed by atoms with Crippen molar-refractivity contribution in [2.45, 2.75) is 6.92 Å². The van der Waals surface area contributed by atoms with Gasteiger partial charge in [0.1, 0.15) is 5.65 Å². The molecule has 0 saturated carbocycles. The highest BCUT2D eigenvalue weighted by Gasteiger charge is 2.12. The summed E-state index contributed by atoms with van der Waals surface area (Å²) in [6.07, 6.45) is 9.65. The topological polar surface area (TPSA) is 57.4 Å². The monoisotopic (exact) mass is 324 g/mol. The van der Waals surface area contributed by atoms with Crippen LogP contribution in [0.5, 0.6) is 0 Å². The van der Waals surface area contributed by atoms with Gasteiger partial charge in [0.05, 0.1) is 11.7 Å². The molecule has 4 aromatic heterocycles. The zero-order valence-electron chi connectivity index (χ0n) is 13.7. The van der Waals surface area contributed by atoms with Gasteiger partial charge in [0.15, 0.2) is 0 Å². The Balaban J connectivity index is 1.75. The van der Waals surface area contributed by atoms with E-state index in [0.29, 0.717) is 0 Å². The Kier molecular flexibility index (Phi) is 2.97. The number of rotatable bonds is 2. The summed E-state index contributed by atoms with van der Waals surface area (Å²) >= 11 is 0. The third-order valence-corrected chi connectivity index (χ3v) is 4.65. The van der Waals surface area contributed by atoms with Crippen molar-refractivity contribution >= 4 is 21.9 Å². The second-order valence-electron chi connectivity index (χ2n) is 6.32. The first-order valence-electron chi connectivity index (χ1n) is 8.25. The van der Waals surface area contributed by atoms with Crippen LogP contribution in [0.15, 0.2) is 67.4 Å². The van der Waals surface area contributed by atoms with E-state index in [1.54, 1.807) is 0 Å². The summed E-state index contributed by atoms with van der Waals surface area (Å²) in [5, 5.41) is 2.27. The molecular formula is C21H16N4. The van der Waals surface area contributed by atoms with Gasteiger partial charge in [-0.25, -0.2) is 4.98 Å². The molecular weight excluding hydrogens is 308 g/mol. The molecule has 0 radical (unpaired) electrons. The van der Waals surface area contributed by atoms with E-state index in [1.807, 2.05) is 31.0 Å². The maximum Gasteiger partial charge on any atom is 0.137 e. The van der Waals surface area contributed by atoms with E-state index in [9.17, 15) is 0 Å². The third-order valence-electron chi connectivity index (χ3n) is 4.65. The van der Waals surface area contributed by atoms with E-state index in [2.05, 4.69) is 63.3 Å². The van der Waals surface area contributed by atoms with Crippen LogP contribution in [-0.2, 0) is 0 Å². The SMILES string of the molecule is Cc1cccc(-c2cnc3[nH]cc(-c4cncc5[nH]ccc45)c3c2)c1. The molecule has 5 aromatic rings. The van der Waals surface area contributed by atoms with E-state index in [4.69, 9.17) is 0 Å². The Bertz CT molecular complexity index is 1210. The number of benzene rings is 1. The summed E-state index contributed by atoms with van der Waals surface area (Å²) in [6.45, 7) is 2.11. The number of hydrogen-bond acceptors (Lipinski definition) is 2. The lowest BCUT2D eigenvalue weighted by molar-refractivity contribution is 1.32. The lowest BCUT2D eigenvalue weighted by Gasteiger charge is -2.05. The molecule has 0 amide bonds. The van der Waals surface area contributed by atoms with Gasteiger partial charge in [-0.05, 0) is 24.6 Å². The summed E-state index contributed by atoms with van der Waals surface area (Å²) < 4.78 is 0. The van der Waals surface area contributed by atoms with Crippen LogP contribution in [0.3, 0.4) is 0 Å². The van der Waals surface area contributed by atoms with Crippen molar-refractivity contribution < 1.29 is 0 Å². The van der Waals surface area contributed by atoms with Crippen LogP contribution in [0.2, 0.25) is 0 Å². The minimum absolute atomic E-state index is 0.888. The van der Waals surface area contributed by atoms with E-state index >= 15 is 0 Å². The van der Waals surface area contributed by atoms with Crippen LogP contribution in [0, 0.1) is 6.92 Å². The molecule has 0 aliphatic rings. The van der Waals surface area contributed by atoms with Crippen LogP contribution >= 0.6 is 0 Å². The molecule has 25 heavy (non-hydrogen) atoms. The molecule has 0 spiro atoms. The van der Waals surface area contributed by atoms with Gasteiger partial charge in [-0.3, -0.25) is 4.98 Å². The number of aryl methyl sites for hydroxylation is 1. The number of nitrogens with one attached hydrogen (secondary N) is 2. The van der Waals surface area contributed by atoms with E-state index in [1.165, 1.54) is 11.1 Å². The smallest absolute Gasteiger partial charge is 0.137 e. The fourth-order valence-electron chi connectivity index (χ4n) is 3.40. The standard InChI is InChI=1S/C21H16N4/c1-13-3-2-4-14(7-13)15-8-17-19(11-25-21(17)24-9-15)18-10-22-12-20-16(18)5-6-23-20/h2-12,23H,1H3,(H,24,25). The summed E-state index contributed by atoms with van der Waals surface area (Å²) in [5.74, 6) is 0. The maximum atomic E-state index is 4.62. The summed E-state index contributed by atoms with van der Waals surface area (Å²) in [5.41, 5.74) is 7.69. The molecule has 120 valence electrons. The number of aromatic nitrogens is 4. The highest BCUT2D eigenvalue weighted by atomic mass is 14.8.